The second kappa shape index (κ2) is 9.44. The number of benzene rings is 2. The van der Waals surface area contributed by atoms with E-state index in [4.69, 9.17) is 4.74 Å². The summed E-state index contributed by atoms with van der Waals surface area (Å²) in [6.45, 7) is 8.76. The Balaban J connectivity index is 2.10. The van der Waals surface area contributed by atoms with Gasteiger partial charge >= 0.3 is 5.97 Å². The van der Waals surface area contributed by atoms with E-state index in [1.54, 1.807) is 11.8 Å². The molecule has 1 heterocycles. The summed E-state index contributed by atoms with van der Waals surface area (Å²) in [5.41, 5.74) is 4.29. The number of hydrogen-bond acceptors (Lipinski definition) is 3. The Labute approximate surface area is 177 Å². The molecule has 0 aliphatic rings. The molecule has 1 amide bonds. The Hall–Kier alpha value is -3.34. The molecule has 0 bridgehead atoms. The molecular weight excluding hydrogens is 376 g/mol. The topological polar surface area (TPSA) is 51.5 Å². The van der Waals surface area contributed by atoms with E-state index in [0.717, 1.165) is 16.9 Å². The Morgan fingerprint density at radius 2 is 1.53 bits per heavy atom. The van der Waals surface area contributed by atoms with Crippen molar-refractivity contribution in [1.29, 1.82) is 0 Å². The molecule has 1 aromatic heterocycles. The summed E-state index contributed by atoms with van der Waals surface area (Å²) in [7, 11) is 0. The summed E-state index contributed by atoms with van der Waals surface area (Å²) in [6.07, 6.45) is 0. The van der Waals surface area contributed by atoms with Crippen LogP contribution in [0.1, 0.15) is 51.5 Å². The highest BCUT2D eigenvalue weighted by Crippen LogP contribution is 2.28. The summed E-state index contributed by atoms with van der Waals surface area (Å²) in [6, 6.07) is 19.5. The number of nitrogens with zero attached hydrogens (tertiary/aromatic N) is 2. The number of hydrogen-bond donors (Lipinski definition) is 0. The van der Waals surface area contributed by atoms with Gasteiger partial charge in [-0.3, -0.25) is 4.79 Å². The molecule has 156 valence electrons. The fourth-order valence-electron chi connectivity index (χ4n) is 3.86. The van der Waals surface area contributed by atoms with Gasteiger partial charge in [-0.05, 0) is 51.0 Å². The first kappa shape index (κ1) is 21.4. The largest absolute Gasteiger partial charge is 0.461 e. The Morgan fingerprint density at radius 3 is 2.10 bits per heavy atom. The van der Waals surface area contributed by atoms with Crippen molar-refractivity contribution in [2.75, 3.05) is 11.5 Å². The minimum atomic E-state index is -0.395. The zero-order valence-corrected chi connectivity index (χ0v) is 18.0. The lowest BCUT2D eigenvalue weighted by Crippen LogP contribution is -2.31. The van der Waals surface area contributed by atoms with Gasteiger partial charge in [0.15, 0.2) is 0 Å². The van der Waals surface area contributed by atoms with Gasteiger partial charge in [-0.15, -0.1) is 0 Å². The van der Waals surface area contributed by atoms with Crippen molar-refractivity contribution in [3.63, 3.8) is 0 Å². The van der Waals surface area contributed by atoms with Crippen molar-refractivity contribution in [3.8, 4) is 0 Å². The second-order valence-corrected chi connectivity index (χ2v) is 7.11. The average molecular weight is 405 g/mol. The van der Waals surface area contributed by atoms with Gasteiger partial charge in [-0.1, -0.05) is 48.5 Å². The smallest absolute Gasteiger partial charge is 0.355 e. The number of ether oxygens (including phenoxy) is 1. The molecule has 5 heteroatoms. The summed E-state index contributed by atoms with van der Waals surface area (Å²) in [5.74, 6) is -0.522. The fraction of sp³-hybridized carbons (Fsp3) is 0.280. The predicted molar refractivity (Wildman–Crippen MR) is 119 cm³/mol. The van der Waals surface area contributed by atoms with E-state index in [0.29, 0.717) is 36.5 Å². The molecule has 0 fully saturated rings. The van der Waals surface area contributed by atoms with E-state index < -0.39 is 5.97 Å². The van der Waals surface area contributed by atoms with Gasteiger partial charge in [0.1, 0.15) is 5.69 Å². The molecule has 0 saturated heterocycles. The molecular formula is C25H28N2O3. The molecule has 0 aliphatic heterocycles. The number of carbonyl (C=O) groups is 2. The molecule has 0 N–H and O–H groups in total. The zero-order chi connectivity index (χ0) is 21.7. The lowest BCUT2D eigenvalue weighted by atomic mass is 10.1. The quantitative estimate of drug-likeness (QED) is 0.512. The molecule has 0 unspecified atom stereocenters. The maximum absolute atomic E-state index is 13.8. The van der Waals surface area contributed by atoms with Gasteiger partial charge in [-0.2, -0.15) is 0 Å². The third kappa shape index (κ3) is 4.15. The van der Waals surface area contributed by atoms with Crippen LogP contribution >= 0.6 is 0 Å². The van der Waals surface area contributed by atoms with Gasteiger partial charge in [0.2, 0.25) is 0 Å². The molecule has 3 rings (SSSR count). The maximum Gasteiger partial charge on any atom is 0.355 e. The molecule has 0 radical (unpaired) electrons. The van der Waals surface area contributed by atoms with Crippen LogP contribution in [0, 0.1) is 13.8 Å². The number of carbonyl (C=O) groups excluding carboxylic acids is 2. The maximum atomic E-state index is 13.8. The highest BCUT2D eigenvalue weighted by atomic mass is 16.5. The van der Waals surface area contributed by atoms with Crippen molar-refractivity contribution in [2.45, 2.75) is 40.8 Å². The number of amides is 1. The van der Waals surface area contributed by atoms with Crippen LogP contribution in [0.15, 0.2) is 60.7 Å². The normalized spacial score (nSPS) is 10.7. The molecule has 3 aromatic rings. The van der Waals surface area contributed by atoms with E-state index in [-0.39, 0.29) is 5.91 Å². The van der Waals surface area contributed by atoms with Gasteiger partial charge < -0.3 is 14.2 Å². The van der Waals surface area contributed by atoms with Crippen molar-refractivity contribution < 1.29 is 14.3 Å². The summed E-state index contributed by atoms with van der Waals surface area (Å²) < 4.78 is 7.12. The Morgan fingerprint density at radius 1 is 0.933 bits per heavy atom. The van der Waals surface area contributed by atoms with Crippen LogP contribution in [0.25, 0.3) is 0 Å². The van der Waals surface area contributed by atoms with Crippen LogP contribution in [0.5, 0.6) is 0 Å². The van der Waals surface area contributed by atoms with Crippen LogP contribution in [-0.2, 0) is 17.8 Å². The summed E-state index contributed by atoms with van der Waals surface area (Å²) in [5, 5.41) is 0. The van der Waals surface area contributed by atoms with Crippen molar-refractivity contribution in [2.24, 2.45) is 0 Å². The number of para-hydroxylation sites is 1. The van der Waals surface area contributed by atoms with Gasteiger partial charge in [-0.25, -0.2) is 4.79 Å². The number of aromatic nitrogens is 1. The Bertz CT molecular complexity index is 1020. The minimum absolute atomic E-state index is 0.127. The molecule has 0 spiro atoms. The molecule has 0 aliphatic carbocycles. The van der Waals surface area contributed by atoms with E-state index in [1.165, 1.54) is 0 Å². The minimum Gasteiger partial charge on any atom is -0.461 e. The number of esters is 1. The van der Waals surface area contributed by atoms with Crippen LogP contribution in [-0.4, -0.2) is 23.1 Å². The van der Waals surface area contributed by atoms with Crippen LogP contribution < -0.4 is 4.90 Å². The van der Waals surface area contributed by atoms with Crippen molar-refractivity contribution in [3.05, 3.63) is 88.7 Å². The van der Waals surface area contributed by atoms with Gasteiger partial charge in [0, 0.05) is 17.9 Å². The van der Waals surface area contributed by atoms with Crippen molar-refractivity contribution in [1.82, 2.24) is 4.57 Å². The van der Waals surface area contributed by atoms with Crippen molar-refractivity contribution >= 4 is 17.6 Å². The fourth-order valence-corrected chi connectivity index (χ4v) is 3.86. The summed E-state index contributed by atoms with van der Waals surface area (Å²) >= 11 is 0. The summed E-state index contributed by atoms with van der Waals surface area (Å²) in [4.78, 5) is 28.2. The Kier molecular flexibility index (Phi) is 6.72. The second-order valence-electron chi connectivity index (χ2n) is 7.11. The molecule has 2 aromatic carbocycles. The van der Waals surface area contributed by atoms with Gasteiger partial charge in [0.05, 0.1) is 18.7 Å². The van der Waals surface area contributed by atoms with E-state index in [1.807, 2.05) is 86.0 Å². The first-order valence-electron chi connectivity index (χ1n) is 10.3. The highest BCUT2D eigenvalue weighted by Gasteiger charge is 2.29. The van der Waals surface area contributed by atoms with E-state index >= 15 is 0 Å². The third-order valence-electron chi connectivity index (χ3n) is 5.26. The predicted octanol–water partition coefficient (Wildman–Crippen LogP) is 5.15. The van der Waals surface area contributed by atoms with E-state index in [9.17, 15) is 9.59 Å². The first-order valence-corrected chi connectivity index (χ1v) is 10.3. The first-order chi connectivity index (χ1) is 14.5. The molecule has 5 nitrogen and oxygen atoms in total. The molecule has 0 saturated carbocycles. The molecule has 0 atom stereocenters. The lowest BCUT2D eigenvalue weighted by molar-refractivity contribution is 0.0512. The number of rotatable bonds is 7. The van der Waals surface area contributed by atoms with Gasteiger partial charge in [0.25, 0.3) is 5.91 Å². The zero-order valence-electron chi connectivity index (χ0n) is 18.0. The monoisotopic (exact) mass is 404 g/mol. The highest BCUT2D eigenvalue weighted by molar-refractivity contribution is 6.09. The van der Waals surface area contributed by atoms with Crippen LogP contribution in [0.4, 0.5) is 5.69 Å². The average Bonchev–Trinajstić information content (AvgIpc) is 3.02. The third-order valence-corrected chi connectivity index (χ3v) is 5.26. The SMILES string of the molecule is CCOC(=O)c1c(C)c(C(=O)N(Cc2ccccc2)c2ccccc2)c(C)n1CC. The number of anilines is 1. The van der Waals surface area contributed by atoms with Crippen LogP contribution in [0.3, 0.4) is 0 Å². The standard InChI is InChI=1S/C25H28N2O3/c1-5-26-19(4)22(18(3)23(26)25(29)30-6-2)24(28)27(21-15-11-8-12-16-21)17-20-13-9-7-10-14-20/h7-16H,5-6,17H2,1-4H3. The van der Waals surface area contributed by atoms with E-state index in [2.05, 4.69) is 0 Å². The lowest BCUT2D eigenvalue weighted by Gasteiger charge is -2.24. The molecule has 30 heavy (non-hydrogen) atoms. The van der Waals surface area contributed by atoms with Crippen LogP contribution in [0.2, 0.25) is 0 Å².